The average molecular weight is 483 g/mol. The number of aromatic carboxylic acids is 2. The van der Waals surface area contributed by atoms with Crippen LogP contribution in [0.1, 0.15) is 31.8 Å². The van der Waals surface area contributed by atoms with Crippen molar-refractivity contribution in [3.63, 3.8) is 0 Å². The van der Waals surface area contributed by atoms with Crippen LogP contribution in [0.2, 0.25) is 0 Å². The molecule has 0 radical (unpaired) electrons. The zero-order valence-corrected chi connectivity index (χ0v) is 20.3. The minimum atomic E-state index is -1.13. The summed E-state index contributed by atoms with van der Waals surface area (Å²) in [5.41, 5.74) is 2.74. The number of hydrogen-bond donors (Lipinski definition) is 0. The summed E-state index contributed by atoms with van der Waals surface area (Å²) in [6, 6.07) is 21.7. The maximum Gasteiger partial charge on any atom is 2.00 e. The fourth-order valence-corrected chi connectivity index (χ4v) is 3.15. The number of carboxylic acids is 2. The number of rotatable bonds is 2. The molecule has 5 heteroatoms. The molecule has 29 heavy (non-hydrogen) atoms. The van der Waals surface area contributed by atoms with Crippen LogP contribution in [0.5, 0.6) is 0 Å². The second kappa shape index (κ2) is 9.65. The molecule has 4 nitrogen and oxygen atoms in total. The molecule has 0 saturated carbocycles. The van der Waals surface area contributed by atoms with Gasteiger partial charge < -0.3 is 19.8 Å². The monoisotopic (exact) mass is 484 g/mol. The van der Waals surface area contributed by atoms with Crippen molar-refractivity contribution in [1.29, 1.82) is 0 Å². The Morgan fingerprint density at radius 2 is 1.00 bits per heavy atom. The second-order valence-electron chi connectivity index (χ2n) is 6.60. The molecule has 0 aromatic heterocycles. The summed E-state index contributed by atoms with van der Waals surface area (Å²) in [6.45, 7) is 4.00. The van der Waals surface area contributed by atoms with Crippen LogP contribution in [0.25, 0.3) is 21.5 Å². The van der Waals surface area contributed by atoms with Crippen LogP contribution in [-0.2, 0) is 27.3 Å². The van der Waals surface area contributed by atoms with E-state index in [-0.39, 0.29) is 38.4 Å². The summed E-state index contributed by atoms with van der Waals surface area (Å²) in [7, 11) is 0. The number of benzene rings is 4. The van der Waals surface area contributed by atoms with Gasteiger partial charge in [0, 0.05) is 0 Å². The molecule has 0 spiro atoms. The first-order valence-electron chi connectivity index (χ1n) is 8.78. The Balaban J connectivity index is 0.000000200. The number of hydrogen-bond acceptors (Lipinski definition) is 4. The van der Waals surface area contributed by atoms with E-state index in [1.807, 2.05) is 62.4 Å². The van der Waals surface area contributed by atoms with Crippen LogP contribution in [0.15, 0.2) is 72.8 Å². The molecule has 4 rings (SSSR count). The van der Waals surface area contributed by atoms with Gasteiger partial charge in [0.2, 0.25) is 0 Å². The van der Waals surface area contributed by atoms with Gasteiger partial charge in [0.1, 0.15) is 0 Å². The molecule has 4 aromatic carbocycles. The molecular weight excluding hydrogens is 465 g/mol. The standard InChI is InChI=1S/2C12H10O2.Cd/c2*1-8-3-2-4-9-7-10(12(13)14)5-6-11(8)9;/h2*2-7H,1H3,(H,13,14);/q;;+2/p-2. The van der Waals surface area contributed by atoms with E-state index >= 15 is 0 Å². The SMILES string of the molecule is Cc1cccc2cc(C(=O)[O-])ccc12.Cc1cccc2cc(C(=O)[O-])ccc12.[Cd+2]. The van der Waals surface area contributed by atoms with Gasteiger partial charge in [-0.15, -0.1) is 0 Å². The topological polar surface area (TPSA) is 80.3 Å². The van der Waals surface area contributed by atoms with Gasteiger partial charge >= 0.3 is 27.3 Å². The molecule has 0 heterocycles. The Morgan fingerprint density at radius 3 is 1.34 bits per heavy atom. The number of aryl methyl sites for hydroxylation is 2. The smallest absolute Gasteiger partial charge is 0.545 e. The molecule has 4 aromatic rings. The first-order valence-corrected chi connectivity index (χ1v) is 8.78. The van der Waals surface area contributed by atoms with Crippen molar-refractivity contribution in [2.45, 2.75) is 13.8 Å². The Kier molecular flexibility index (Phi) is 7.50. The molecule has 0 bridgehead atoms. The van der Waals surface area contributed by atoms with E-state index in [1.54, 1.807) is 24.3 Å². The number of fused-ring (bicyclic) bond motifs is 2. The van der Waals surface area contributed by atoms with Gasteiger partial charge in [-0.2, -0.15) is 0 Å². The average Bonchev–Trinajstić information content (AvgIpc) is 2.68. The van der Waals surface area contributed by atoms with Crippen LogP contribution < -0.4 is 10.2 Å². The predicted molar refractivity (Wildman–Crippen MR) is 106 cm³/mol. The van der Waals surface area contributed by atoms with Gasteiger partial charge in [-0.3, -0.25) is 0 Å². The van der Waals surface area contributed by atoms with Crippen LogP contribution in [0.4, 0.5) is 0 Å². The zero-order chi connectivity index (χ0) is 20.3. The predicted octanol–water partition coefficient (Wildman–Crippen LogP) is 3.02. The van der Waals surface area contributed by atoms with E-state index in [0.29, 0.717) is 0 Å². The normalized spacial score (nSPS) is 10.0. The first-order chi connectivity index (χ1) is 13.4. The minimum Gasteiger partial charge on any atom is -0.545 e. The van der Waals surface area contributed by atoms with E-state index < -0.39 is 11.9 Å². The van der Waals surface area contributed by atoms with E-state index in [1.165, 1.54) is 0 Å². The molecule has 0 fully saturated rings. The number of carboxylic acid groups (broad SMARTS) is 2. The summed E-state index contributed by atoms with van der Waals surface area (Å²) < 4.78 is 0. The van der Waals surface area contributed by atoms with Crippen molar-refractivity contribution >= 4 is 33.5 Å². The summed E-state index contributed by atoms with van der Waals surface area (Å²) in [5.74, 6) is -2.26. The summed E-state index contributed by atoms with van der Waals surface area (Å²) >= 11 is 0. The van der Waals surface area contributed by atoms with Crippen molar-refractivity contribution < 1.29 is 47.1 Å². The quantitative estimate of drug-likeness (QED) is 0.411. The molecule has 0 aliphatic carbocycles. The zero-order valence-electron chi connectivity index (χ0n) is 16.3. The molecule has 0 unspecified atom stereocenters. The van der Waals surface area contributed by atoms with Gasteiger partial charge in [-0.1, -0.05) is 60.7 Å². The molecule has 0 amide bonds. The Hall–Kier alpha value is -2.74. The molecule has 140 valence electrons. The van der Waals surface area contributed by atoms with Crippen LogP contribution >= 0.6 is 0 Å². The van der Waals surface area contributed by atoms with E-state index in [9.17, 15) is 19.8 Å². The number of carbonyl (C=O) groups is 2. The Bertz CT molecular complexity index is 1100. The minimum absolute atomic E-state index is 0. The fraction of sp³-hybridized carbons (Fsp3) is 0.0833. The Morgan fingerprint density at radius 1 is 0.621 bits per heavy atom. The van der Waals surface area contributed by atoms with Gasteiger partial charge in [0.15, 0.2) is 0 Å². The van der Waals surface area contributed by atoms with Crippen LogP contribution in [-0.4, -0.2) is 11.9 Å². The summed E-state index contributed by atoms with van der Waals surface area (Å²) in [4.78, 5) is 21.2. The summed E-state index contributed by atoms with van der Waals surface area (Å²) in [6.07, 6.45) is 0. The number of carbonyl (C=O) groups excluding carboxylic acids is 2. The maximum atomic E-state index is 10.6. The van der Waals surface area contributed by atoms with Crippen molar-refractivity contribution in [2.75, 3.05) is 0 Å². The molecule has 0 atom stereocenters. The maximum absolute atomic E-state index is 10.6. The largest absolute Gasteiger partial charge is 2.00 e. The van der Waals surface area contributed by atoms with Crippen molar-refractivity contribution in [3.05, 3.63) is 95.1 Å². The summed E-state index contributed by atoms with van der Waals surface area (Å²) in [5, 5.41) is 25.3. The first kappa shape index (κ1) is 22.6. The van der Waals surface area contributed by atoms with Gasteiger partial charge in [0.25, 0.3) is 0 Å². The van der Waals surface area contributed by atoms with E-state index in [2.05, 4.69) is 0 Å². The van der Waals surface area contributed by atoms with E-state index in [4.69, 9.17) is 0 Å². The molecular formula is C24H18CdO4. The van der Waals surface area contributed by atoms with Crippen LogP contribution in [0, 0.1) is 13.8 Å². The molecule has 0 saturated heterocycles. The van der Waals surface area contributed by atoms with E-state index in [0.717, 1.165) is 32.7 Å². The van der Waals surface area contributed by atoms with Gasteiger partial charge in [-0.05, 0) is 69.8 Å². The van der Waals surface area contributed by atoms with Crippen molar-refractivity contribution in [1.82, 2.24) is 0 Å². The van der Waals surface area contributed by atoms with Gasteiger partial charge in [0.05, 0.1) is 11.9 Å². The fourth-order valence-electron chi connectivity index (χ4n) is 3.15. The molecule has 0 aliphatic heterocycles. The third-order valence-electron chi connectivity index (χ3n) is 4.67. The third kappa shape index (κ3) is 5.20. The van der Waals surface area contributed by atoms with Gasteiger partial charge in [-0.25, -0.2) is 0 Å². The molecule has 0 N–H and O–H groups in total. The third-order valence-corrected chi connectivity index (χ3v) is 4.67. The van der Waals surface area contributed by atoms with Crippen LogP contribution in [0.3, 0.4) is 0 Å². The van der Waals surface area contributed by atoms with Crippen molar-refractivity contribution in [3.8, 4) is 0 Å². The Labute approximate surface area is 189 Å². The second-order valence-corrected chi connectivity index (χ2v) is 6.60. The van der Waals surface area contributed by atoms with Crippen molar-refractivity contribution in [2.24, 2.45) is 0 Å². The molecule has 0 aliphatic rings.